The van der Waals surface area contributed by atoms with E-state index in [1.807, 2.05) is 0 Å². The predicted octanol–water partition coefficient (Wildman–Crippen LogP) is 1.02. The number of rotatable bonds is 3. The highest BCUT2D eigenvalue weighted by atomic mass is 32.2. The highest BCUT2D eigenvalue weighted by Crippen LogP contribution is 2.31. The summed E-state index contributed by atoms with van der Waals surface area (Å²) in [5.41, 5.74) is 0.0684. The van der Waals surface area contributed by atoms with Crippen molar-refractivity contribution in [1.29, 1.82) is 0 Å². The summed E-state index contributed by atoms with van der Waals surface area (Å²) in [4.78, 5) is 24.5. The lowest BCUT2D eigenvalue weighted by molar-refractivity contribution is -0.118. The van der Waals surface area contributed by atoms with E-state index >= 15 is 0 Å². The number of aromatic nitrogens is 2. The largest absolute Gasteiger partial charge is 0.299 e. The van der Waals surface area contributed by atoms with Crippen molar-refractivity contribution >= 4 is 38.3 Å². The van der Waals surface area contributed by atoms with Gasteiger partial charge in [0.05, 0.1) is 5.56 Å². The van der Waals surface area contributed by atoms with Gasteiger partial charge in [0.2, 0.25) is 11.0 Å². The number of aryl methyl sites for hydroxylation is 1. The summed E-state index contributed by atoms with van der Waals surface area (Å²) in [7, 11) is -4.04. The summed E-state index contributed by atoms with van der Waals surface area (Å²) >= 11 is 1.16. The molecule has 120 valence electrons. The highest BCUT2D eigenvalue weighted by Gasteiger charge is 2.45. The number of hydrogen-bond acceptors (Lipinski definition) is 7. The minimum Gasteiger partial charge on any atom is -0.299 e. The van der Waals surface area contributed by atoms with Crippen LogP contribution in [-0.2, 0) is 14.8 Å². The molecule has 2 aromatic rings. The second-order valence-electron chi connectivity index (χ2n) is 4.89. The van der Waals surface area contributed by atoms with Gasteiger partial charge in [0.15, 0.2) is 0 Å². The normalized spacial score (nSPS) is 17.0. The zero-order valence-corrected chi connectivity index (χ0v) is 13.8. The summed E-state index contributed by atoms with van der Waals surface area (Å²) in [6, 6.07) is 4.67. The van der Waals surface area contributed by atoms with E-state index in [4.69, 9.17) is 0 Å². The molecule has 0 unspecified atom stereocenters. The third-order valence-electron chi connectivity index (χ3n) is 3.34. The van der Waals surface area contributed by atoms with Gasteiger partial charge in [-0.25, -0.2) is 12.7 Å². The van der Waals surface area contributed by atoms with Gasteiger partial charge in [0.1, 0.15) is 15.9 Å². The first-order valence-corrected chi connectivity index (χ1v) is 8.87. The first kappa shape index (κ1) is 15.6. The molecule has 0 saturated carbocycles. The van der Waals surface area contributed by atoms with Crippen LogP contribution in [0.3, 0.4) is 0 Å². The van der Waals surface area contributed by atoms with E-state index in [2.05, 4.69) is 15.5 Å². The Bertz CT molecular complexity index is 906. The summed E-state index contributed by atoms with van der Waals surface area (Å²) in [5, 5.41) is 10.9. The molecule has 10 heteroatoms. The Morgan fingerprint density at radius 3 is 2.61 bits per heavy atom. The number of nitrogens with one attached hydrogen (secondary N) is 1. The van der Waals surface area contributed by atoms with Gasteiger partial charge in [-0.3, -0.25) is 14.9 Å². The van der Waals surface area contributed by atoms with Crippen molar-refractivity contribution < 1.29 is 18.0 Å². The number of amides is 2. The molecule has 1 aromatic carbocycles. The Morgan fingerprint density at radius 1 is 1.30 bits per heavy atom. The molecule has 0 spiro atoms. The molecule has 2 heterocycles. The number of anilines is 1. The number of sulfonamides is 1. The molecule has 1 aromatic heterocycles. The quantitative estimate of drug-likeness (QED) is 0.883. The number of carbonyl (C=O) groups is 2. The molecule has 1 N–H and O–H groups in total. The summed E-state index contributed by atoms with van der Waals surface area (Å²) in [6.45, 7) is 3.08. The maximum absolute atomic E-state index is 12.5. The van der Waals surface area contributed by atoms with Gasteiger partial charge in [-0.2, -0.15) is 0 Å². The zero-order valence-electron chi connectivity index (χ0n) is 12.2. The molecular formula is C13H12N4O4S2. The fourth-order valence-electron chi connectivity index (χ4n) is 2.25. The molecule has 3 rings (SSSR count). The van der Waals surface area contributed by atoms with Crippen molar-refractivity contribution in [3.8, 4) is 0 Å². The molecule has 0 fully saturated rings. The van der Waals surface area contributed by atoms with Gasteiger partial charge in [-0.15, -0.1) is 10.2 Å². The van der Waals surface area contributed by atoms with Gasteiger partial charge < -0.3 is 0 Å². The van der Waals surface area contributed by atoms with Gasteiger partial charge in [-0.1, -0.05) is 23.5 Å². The van der Waals surface area contributed by atoms with E-state index in [9.17, 15) is 18.0 Å². The van der Waals surface area contributed by atoms with Crippen molar-refractivity contribution in [3.63, 3.8) is 0 Å². The smallest absolute Gasteiger partial charge is 0.269 e. The molecule has 23 heavy (non-hydrogen) atoms. The van der Waals surface area contributed by atoms with E-state index < -0.39 is 27.9 Å². The Balaban J connectivity index is 1.90. The highest BCUT2D eigenvalue weighted by molar-refractivity contribution is 7.90. The number of fused-ring (bicyclic) bond motifs is 1. The molecule has 0 saturated heterocycles. The third-order valence-corrected chi connectivity index (χ3v) is 6.01. The maximum atomic E-state index is 12.5. The molecule has 1 aliphatic rings. The molecular weight excluding hydrogens is 340 g/mol. The van der Waals surface area contributed by atoms with E-state index in [-0.39, 0.29) is 15.6 Å². The van der Waals surface area contributed by atoms with Crippen LogP contribution in [0.25, 0.3) is 0 Å². The second kappa shape index (κ2) is 5.39. The van der Waals surface area contributed by atoms with Gasteiger partial charge in [0, 0.05) is 0 Å². The maximum Gasteiger partial charge on any atom is 0.269 e. The zero-order chi connectivity index (χ0) is 16.8. The van der Waals surface area contributed by atoms with Crippen LogP contribution in [-0.4, -0.2) is 40.8 Å². The summed E-state index contributed by atoms with van der Waals surface area (Å²) < 4.78 is 25.6. The monoisotopic (exact) mass is 352 g/mol. The Kier molecular flexibility index (Phi) is 3.65. The average molecular weight is 352 g/mol. The van der Waals surface area contributed by atoms with E-state index in [0.29, 0.717) is 9.31 Å². The Morgan fingerprint density at radius 2 is 2.00 bits per heavy atom. The number of hydrogen-bond donors (Lipinski definition) is 1. The minimum atomic E-state index is -4.04. The molecule has 8 nitrogen and oxygen atoms in total. The van der Waals surface area contributed by atoms with Crippen LogP contribution < -0.4 is 5.32 Å². The third kappa shape index (κ3) is 2.49. The van der Waals surface area contributed by atoms with Crippen molar-refractivity contribution in [3.05, 3.63) is 34.8 Å². The van der Waals surface area contributed by atoms with Gasteiger partial charge in [-0.05, 0) is 26.0 Å². The summed E-state index contributed by atoms with van der Waals surface area (Å²) in [6.07, 6.45) is 0. The molecule has 0 radical (unpaired) electrons. The van der Waals surface area contributed by atoms with Crippen LogP contribution in [0.4, 0.5) is 5.13 Å². The minimum absolute atomic E-state index is 0.0684. The van der Waals surface area contributed by atoms with Crippen LogP contribution in [0.1, 0.15) is 22.3 Å². The fourth-order valence-corrected chi connectivity index (χ4v) is 4.57. The second-order valence-corrected chi connectivity index (χ2v) is 7.86. The van der Waals surface area contributed by atoms with Gasteiger partial charge >= 0.3 is 0 Å². The van der Waals surface area contributed by atoms with E-state index in [1.54, 1.807) is 13.0 Å². The number of nitrogens with zero attached hydrogens (tertiary/aromatic N) is 3. The number of carbonyl (C=O) groups excluding carboxylic acids is 2. The lowest BCUT2D eigenvalue weighted by Gasteiger charge is -2.21. The van der Waals surface area contributed by atoms with Crippen LogP contribution in [0.15, 0.2) is 29.2 Å². The number of benzene rings is 1. The van der Waals surface area contributed by atoms with E-state index in [1.165, 1.54) is 25.1 Å². The van der Waals surface area contributed by atoms with Crippen molar-refractivity contribution in [2.75, 3.05) is 5.32 Å². The standard InChI is InChI=1S/C13H12N4O4S2/c1-7(11(18)14-13-16-15-8(2)22-13)17-12(19)9-5-3-4-6-10(9)23(17,20)21/h3-7H,1-2H3,(H,14,16,18)/t7-/m0/s1. The van der Waals surface area contributed by atoms with Gasteiger partial charge in [0.25, 0.3) is 15.9 Å². The van der Waals surface area contributed by atoms with Crippen LogP contribution in [0, 0.1) is 6.92 Å². The molecule has 1 atom stereocenters. The Hall–Kier alpha value is -2.33. The SMILES string of the molecule is Cc1nnc(NC(=O)[C@H](C)N2C(=O)c3ccccc3S2(=O)=O)s1. The Labute approximate surface area is 136 Å². The van der Waals surface area contributed by atoms with Crippen molar-refractivity contribution in [2.45, 2.75) is 24.8 Å². The lowest BCUT2D eigenvalue weighted by atomic mass is 10.2. The molecule has 0 bridgehead atoms. The van der Waals surface area contributed by atoms with Crippen LogP contribution >= 0.6 is 11.3 Å². The van der Waals surface area contributed by atoms with E-state index in [0.717, 1.165) is 11.3 Å². The first-order chi connectivity index (χ1) is 10.8. The summed E-state index contributed by atoms with van der Waals surface area (Å²) in [5.74, 6) is -1.36. The average Bonchev–Trinajstić information content (AvgIpc) is 2.99. The topological polar surface area (TPSA) is 109 Å². The van der Waals surface area contributed by atoms with Crippen molar-refractivity contribution in [1.82, 2.24) is 14.5 Å². The molecule has 1 aliphatic heterocycles. The first-order valence-electron chi connectivity index (χ1n) is 6.61. The van der Waals surface area contributed by atoms with Crippen molar-refractivity contribution in [2.24, 2.45) is 0 Å². The molecule has 2 amide bonds. The predicted molar refractivity (Wildman–Crippen MR) is 82.5 cm³/mol. The molecule has 0 aliphatic carbocycles. The fraction of sp³-hybridized carbons (Fsp3) is 0.231. The lowest BCUT2D eigenvalue weighted by Crippen LogP contribution is -2.45. The van der Waals surface area contributed by atoms with Crippen LogP contribution in [0.5, 0.6) is 0 Å². The van der Waals surface area contributed by atoms with Crippen LogP contribution in [0.2, 0.25) is 0 Å².